The molecule has 0 N–H and O–H groups in total. The Morgan fingerprint density at radius 3 is 2.38 bits per heavy atom. The minimum absolute atomic E-state index is 1.04. The van der Waals surface area contributed by atoms with Crippen molar-refractivity contribution in [2.75, 3.05) is 0 Å². The van der Waals surface area contributed by atoms with Crippen molar-refractivity contribution in [3.8, 4) is 0 Å². The van der Waals surface area contributed by atoms with Crippen molar-refractivity contribution in [2.45, 2.75) is 30.6 Å². The molecule has 0 amide bonds. The topological polar surface area (TPSA) is 0 Å². The largest absolute Gasteiger partial charge is 0.143 e. The molecule has 0 radical (unpaired) electrons. The molecule has 0 nitrogen and oxygen atoms in total. The summed E-state index contributed by atoms with van der Waals surface area (Å²) in [4.78, 5) is 1.04. The first-order valence-corrected chi connectivity index (χ1v) is 5.29. The van der Waals surface area contributed by atoms with Crippen molar-refractivity contribution < 1.29 is 0 Å². The Morgan fingerprint density at radius 2 is 1.77 bits per heavy atom. The number of allylic oxidation sites excluding steroid dienone is 2. The van der Waals surface area contributed by atoms with E-state index in [9.17, 15) is 0 Å². The molecule has 0 atom stereocenters. The maximum atomic E-state index is 4.28. The van der Waals surface area contributed by atoms with Crippen LogP contribution in [0.15, 0.2) is 35.2 Å². The van der Waals surface area contributed by atoms with Gasteiger partial charge in [-0.05, 0) is 49.0 Å². The zero-order valence-electron chi connectivity index (χ0n) is 7.66. The monoisotopic (exact) mass is 190 g/mol. The minimum atomic E-state index is 1.04. The maximum absolute atomic E-state index is 4.28. The van der Waals surface area contributed by atoms with Crippen LogP contribution in [-0.2, 0) is 0 Å². The van der Waals surface area contributed by atoms with E-state index in [1.807, 2.05) is 0 Å². The van der Waals surface area contributed by atoms with Crippen LogP contribution in [0.3, 0.4) is 0 Å². The van der Waals surface area contributed by atoms with E-state index in [1.54, 1.807) is 0 Å². The van der Waals surface area contributed by atoms with Gasteiger partial charge >= 0.3 is 0 Å². The summed E-state index contributed by atoms with van der Waals surface area (Å²) in [5.41, 5.74) is 2.89. The van der Waals surface area contributed by atoms with Crippen LogP contribution in [0.5, 0.6) is 0 Å². The van der Waals surface area contributed by atoms with Crippen molar-refractivity contribution in [3.05, 3.63) is 35.9 Å². The summed E-state index contributed by atoms with van der Waals surface area (Å²) in [6.45, 7) is 0. The summed E-state index contributed by atoms with van der Waals surface area (Å²) in [6, 6.07) is 8.46. The van der Waals surface area contributed by atoms with Crippen LogP contribution in [0.2, 0.25) is 0 Å². The first-order chi connectivity index (χ1) is 6.36. The molecule has 0 saturated carbocycles. The predicted molar refractivity (Wildman–Crippen MR) is 60.1 cm³/mol. The van der Waals surface area contributed by atoms with E-state index in [4.69, 9.17) is 0 Å². The third-order valence-electron chi connectivity index (χ3n) is 2.53. The number of rotatable bonds is 1. The van der Waals surface area contributed by atoms with E-state index in [-0.39, 0.29) is 0 Å². The minimum Gasteiger partial charge on any atom is -0.143 e. The van der Waals surface area contributed by atoms with Gasteiger partial charge < -0.3 is 0 Å². The Morgan fingerprint density at radius 1 is 1.00 bits per heavy atom. The fraction of sp³-hybridized carbons (Fsp3) is 0.333. The van der Waals surface area contributed by atoms with E-state index in [2.05, 4.69) is 43.0 Å². The van der Waals surface area contributed by atoms with Crippen LogP contribution >= 0.6 is 12.6 Å². The number of hydrogen-bond acceptors (Lipinski definition) is 1. The molecule has 0 saturated heterocycles. The molecule has 0 bridgehead atoms. The predicted octanol–water partition coefficient (Wildman–Crippen LogP) is 3.93. The summed E-state index contributed by atoms with van der Waals surface area (Å²) < 4.78 is 0. The Labute approximate surface area is 85.1 Å². The summed E-state index contributed by atoms with van der Waals surface area (Å²) in [7, 11) is 0. The summed E-state index contributed by atoms with van der Waals surface area (Å²) in [5, 5.41) is 0. The molecule has 1 aromatic rings. The summed E-state index contributed by atoms with van der Waals surface area (Å²) in [6.07, 6.45) is 7.56. The molecular weight excluding hydrogens is 176 g/mol. The second-order valence-corrected chi connectivity index (χ2v) is 4.04. The molecule has 0 aromatic heterocycles. The highest BCUT2D eigenvalue weighted by Crippen LogP contribution is 2.26. The van der Waals surface area contributed by atoms with Gasteiger partial charge in [0.25, 0.3) is 0 Å². The van der Waals surface area contributed by atoms with Crippen LogP contribution in [0, 0.1) is 0 Å². The van der Waals surface area contributed by atoms with E-state index in [0.717, 1.165) is 4.90 Å². The lowest BCUT2D eigenvalue weighted by atomic mass is 9.94. The highest BCUT2D eigenvalue weighted by Gasteiger charge is 2.04. The molecule has 0 aliphatic heterocycles. The van der Waals surface area contributed by atoms with E-state index in [0.29, 0.717) is 0 Å². The summed E-state index contributed by atoms with van der Waals surface area (Å²) >= 11 is 4.28. The van der Waals surface area contributed by atoms with Gasteiger partial charge in [-0.3, -0.25) is 0 Å². The third-order valence-corrected chi connectivity index (χ3v) is 2.83. The van der Waals surface area contributed by atoms with Crippen molar-refractivity contribution in [1.82, 2.24) is 0 Å². The van der Waals surface area contributed by atoms with Gasteiger partial charge in [-0.15, -0.1) is 12.6 Å². The smallest absolute Gasteiger partial charge is 0.00403 e. The molecule has 68 valence electrons. The van der Waals surface area contributed by atoms with Gasteiger partial charge in [0.2, 0.25) is 0 Å². The molecule has 2 rings (SSSR count). The van der Waals surface area contributed by atoms with Crippen molar-refractivity contribution in [3.63, 3.8) is 0 Å². The fourth-order valence-electron chi connectivity index (χ4n) is 1.78. The zero-order valence-corrected chi connectivity index (χ0v) is 8.56. The standard InChI is InChI=1S/C12H14S/c13-12-8-6-11(7-9-12)10-4-2-1-3-5-10/h4,6-9,13H,1-3,5H2. The number of hydrogen-bond donors (Lipinski definition) is 1. The molecule has 0 unspecified atom stereocenters. The van der Waals surface area contributed by atoms with Gasteiger partial charge in [0.05, 0.1) is 0 Å². The highest BCUT2D eigenvalue weighted by molar-refractivity contribution is 7.80. The molecular formula is C12H14S. The third kappa shape index (κ3) is 2.16. The molecule has 1 heteroatoms. The van der Waals surface area contributed by atoms with Crippen LogP contribution in [-0.4, -0.2) is 0 Å². The van der Waals surface area contributed by atoms with E-state index < -0.39 is 0 Å². The molecule has 0 fully saturated rings. The molecule has 0 spiro atoms. The Balaban J connectivity index is 2.24. The molecule has 1 aromatic carbocycles. The summed E-state index contributed by atoms with van der Waals surface area (Å²) in [5.74, 6) is 0. The maximum Gasteiger partial charge on any atom is 0.00403 e. The first-order valence-electron chi connectivity index (χ1n) is 4.85. The van der Waals surface area contributed by atoms with Crippen molar-refractivity contribution in [2.24, 2.45) is 0 Å². The quantitative estimate of drug-likeness (QED) is 0.637. The normalized spacial score (nSPS) is 16.8. The van der Waals surface area contributed by atoms with Gasteiger partial charge in [-0.2, -0.15) is 0 Å². The zero-order chi connectivity index (χ0) is 9.10. The first kappa shape index (κ1) is 8.89. The Hall–Kier alpha value is -0.690. The lowest BCUT2D eigenvalue weighted by Gasteiger charge is -2.12. The molecule has 13 heavy (non-hydrogen) atoms. The van der Waals surface area contributed by atoms with Crippen molar-refractivity contribution >= 4 is 18.2 Å². The van der Waals surface area contributed by atoms with Gasteiger partial charge in [-0.25, -0.2) is 0 Å². The van der Waals surface area contributed by atoms with E-state index in [1.165, 1.54) is 36.8 Å². The van der Waals surface area contributed by atoms with Gasteiger partial charge in [0, 0.05) is 4.90 Å². The Kier molecular flexibility index (Phi) is 2.74. The number of thiol groups is 1. The van der Waals surface area contributed by atoms with Crippen LogP contribution < -0.4 is 0 Å². The molecule has 1 aliphatic rings. The van der Waals surface area contributed by atoms with Crippen LogP contribution in [0.1, 0.15) is 31.2 Å². The second-order valence-electron chi connectivity index (χ2n) is 3.52. The molecule has 0 heterocycles. The lowest BCUT2D eigenvalue weighted by Crippen LogP contribution is -1.91. The lowest BCUT2D eigenvalue weighted by molar-refractivity contribution is 0.742. The van der Waals surface area contributed by atoms with Crippen LogP contribution in [0.4, 0.5) is 0 Å². The second kappa shape index (κ2) is 4.01. The average molecular weight is 190 g/mol. The average Bonchev–Trinajstić information content (AvgIpc) is 2.20. The van der Waals surface area contributed by atoms with Crippen molar-refractivity contribution in [1.29, 1.82) is 0 Å². The van der Waals surface area contributed by atoms with Gasteiger partial charge in [0.15, 0.2) is 0 Å². The number of benzene rings is 1. The van der Waals surface area contributed by atoms with E-state index >= 15 is 0 Å². The van der Waals surface area contributed by atoms with Gasteiger partial charge in [0.1, 0.15) is 0 Å². The van der Waals surface area contributed by atoms with Crippen LogP contribution in [0.25, 0.3) is 5.57 Å². The SMILES string of the molecule is Sc1ccc(C2=CCCCC2)cc1. The Bertz CT molecular complexity index is 308. The highest BCUT2D eigenvalue weighted by atomic mass is 32.1. The molecule has 1 aliphatic carbocycles. The van der Waals surface area contributed by atoms with Gasteiger partial charge in [-0.1, -0.05) is 18.2 Å². The fourth-order valence-corrected chi connectivity index (χ4v) is 1.92.